The van der Waals surface area contributed by atoms with E-state index in [9.17, 15) is 5.11 Å². The van der Waals surface area contributed by atoms with Gasteiger partial charge >= 0.3 is 0 Å². The van der Waals surface area contributed by atoms with E-state index in [1.54, 1.807) is 18.2 Å². The van der Waals surface area contributed by atoms with Gasteiger partial charge in [-0.3, -0.25) is 4.90 Å². The Morgan fingerprint density at radius 2 is 1.79 bits per heavy atom. The minimum absolute atomic E-state index is 0.194. The number of ether oxygens (including phenoxy) is 1. The summed E-state index contributed by atoms with van der Waals surface area (Å²) in [6.07, 6.45) is 0. The number of benzene rings is 2. The summed E-state index contributed by atoms with van der Waals surface area (Å²) in [5.74, 6) is 1.72. The first-order valence-corrected chi connectivity index (χ1v) is 12.2. The predicted molar refractivity (Wildman–Crippen MR) is 137 cm³/mol. The number of phenolic OH excluding ortho intramolecular Hbond substituents is 1. The average Bonchev–Trinajstić information content (AvgIpc) is 2.86. The molecule has 0 atom stereocenters. The zero-order chi connectivity index (χ0) is 23.5. The molecule has 0 radical (unpaired) electrons. The van der Waals surface area contributed by atoms with E-state index in [2.05, 4.69) is 27.1 Å². The van der Waals surface area contributed by atoms with Gasteiger partial charge in [-0.1, -0.05) is 17.7 Å². The van der Waals surface area contributed by atoms with Gasteiger partial charge < -0.3 is 25.0 Å². The van der Waals surface area contributed by atoms with E-state index < -0.39 is 0 Å². The van der Waals surface area contributed by atoms with Gasteiger partial charge in [0, 0.05) is 68.3 Å². The molecule has 0 saturated carbocycles. The highest BCUT2D eigenvalue weighted by Gasteiger charge is 2.19. The van der Waals surface area contributed by atoms with Crippen LogP contribution in [0.1, 0.15) is 0 Å². The summed E-state index contributed by atoms with van der Waals surface area (Å²) in [5.41, 5.74) is 2.43. The molecule has 0 aliphatic carbocycles. The molecule has 9 heteroatoms. The largest absolute Gasteiger partial charge is 0.507 e. The molecule has 1 aromatic heterocycles. The molecule has 0 unspecified atom stereocenters. The Labute approximate surface area is 205 Å². The van der Waals surface area contributed by atoms with Gasteiger partial charge in [0.2, 0.25) is 5.95 Å². The molecule has 0 amide bonds. The van der Waals surface area contributed by atoms with Crippen LogP contribution in [0.25, 0.3) is 22.0 Å². The van der Waals surface area contributed by atoms with Crippen LogP contribution >= 0.6 is 11.6 Å². The third-order valence-corrected chi connectivity index (χ3v) is 6.80. The molecule has 2 aliphatic heterocycles. The molecular formula is C25H31ClN6O2. The first-order chi connectivity index (χ1) is 16.6. The summed E-state index contributed by atoms with van der Waals surface area (Å²) in [4.78, 5) is 16.8. The number of piperazine rings is 1. The molecule has 0 spiro atoms. The van der Waals surface area contributed by atoms with E-state index in [0.29, 0.717) is 29.7 Å². The fourth-order valence-corrected chi connectivity index (χ4v) is 4.68. The molecule has 0 bridgehead atoms. The highest BCUT2D eigenvalue weighted by Crippen LogP contribution is 2.35. The van der Waals surface area contributed by atoms with Gasteiger partial charge in [-0.2, -0.15) is 4.98 Å². The number of rotatable bonds is 6. The summed E-state index contributed by atoms with van der Waals surface area (Å²) < 4.78 is 5.57. The molecule has 34 heavy (non-hydrogen) atoms. The smallest absolute Gasteiger partial charge is 0.225 e. The van der Waals surface area contributed by atoms with E-state index in [1.807, 2.05) is 18.2 Å². The van der Waals surface area contributed by atoms with Gasteiger partial charge in [-0.25, -0.2) is 4.98 Å². The lowest BCUT2D eigenvalue weighted by Crippen LogP contribution is -2.45. The number of hydrogen-bond acceptors (Lipinski definition) is 8. The molecule has 180 valence electrons. The second-order valence-electron chi connectivity index (χ2n) is 8.94. The van der Waals surface area contributed by atoms with Crippen molar-refractivity contribution in [1.82, 2.24) is 19.8 Å². The molecule has 2 N–H and O–H groups in total. The van der Waals surface area contributed by atoms with Crippen molar-refractivity contribution in [3.8, 4) is 16.9 Å². The first kappa shape index (κ1) is 23.1. The van der Waals surface area contributed by atoms with Gasteiger partial charge in [-0.15, -0.1) is 0 Å². The van der Waals surface area contributed by atoms with Crippen molar-refractivity contribution in [1.29, 1.82) is 0 Å². The molecule has 2 fully saturated rings. The first-order valence-electron chi connectivity index (χ1n) is 11.8. The summed E-state index contributed by atoms with van der Waals surface area (Å²) in [7, 11) is 2.17. The number of hydrogen-bond donors (Lipinski definition) is 2. The van der Waals surface area contributed by atoms with Crippen LogP contribution in [-0.4, -0.2) is 97.5 Å². The lowest BCUT2D eigenvalue weighted by molar-refractivity contribution is 0.122. The zero-order valence-electron chi connectivity index (χ0n) is 19.5. The van der Waals surface area contributed by atoms with E-state index in [4.69, 9.17) is 26.3 Å². The van der Waals surface area contributed by atoms with Crippen molar-refractivity contribution in [2.24, 2.45) is 0 Å². The number of likely N-dealkylation sites (N-methyl/N-ethyl adjacent to an activating group) is 1. The minimum Gasteiger partial charge on any atom is -0.507 e. The standard InChI is InChI=1S/C25H31ClN6O2/c1-30-8-10-31(11-9-30)7-6-27-25-28-22-4-2-18(20-17-19(26)3-5-23(20)33)16-21(22)24(29-25)32-12-14-34-15-13-32/h2-5,16-17,33H,6-15H2,1H3,(H,27,28,29). The summed E-state index contributed by atoms with van der Waals surface area (Å²) >= 11 is 6.20. The van der Waals surface area contributed by atoms with Crippen LogP contribution in [0, 0.1) is 0 Å². The Hall–Kier alpha value is -2.65. The number of nitrogens with one attached hydrogen (secondary N) is 1. The van der Waals surface area contributed by atoms with Crippen LogP contribution in [-0.2, 0) is 4.74 Å². The van der Waals surface area contributed by atoms with Gasteiger partial charge in [-0.05, 0) is 42.9 Å². The van der Waals surface area contributed by atoms with Crippen molar-refractivity contribution in [2.45, 2.75) is 0 Å². The SMILES string of the molecule is CN1CCN(CCNc2nc(N3CCOCC3)c3cc(-c4cc(Cl)ccc4O)ccc3n2)CC1. The number of fused-ring (bicyclic) bond motifs is 1. The Morgan fingerprint density at radius 1 is 1.00 bits per heavy atom. The molecule has 3 aromatic rings. The minimum atomic E-state index is 0.194. The van der Waals surface area contributed by atoms with Gasteiger partial charge in [0.15, 0.2) is 0 Å². The molecule has 2 saturated heterocycles. The Kier molecular flexibility index (Phi) is 7.01. The number of morpholine rings is 1. The number of aromatic nitrogens is 2. The molecule has 8 nitrogen and oxygen atoms in total. The fourth-order valence-electron chi connectivity index (χ4n) is 4.51. The maximum atomic E-state index is 10.4. The molecule has 2 aliphatic rings. The lowest BCUT2D eigenvalue weighted by Gasteiger charge is -2.32. The number of aromatic hydroxyl groups is 1. The normalized spacial score (nSPS) is 17.9. The van der Waals surface area contributed by atoms with Crippen molar-refractivity contribution < 1.29 is 9.84 Å². The third-order valence-electron chi connectivity index (χ3n) is 6.56. The number of anilines is 2. The Morgan fingerprint density at radius 3 is 2.59 bits per heavy atom. The summed E-state index contributed by atoms with van der Waals surface area (Å²) in [6.45, 7) is 9.07. The van der Waals surface area contributed by atoms with E-state index in [1.165, 1.54) is 0 Å². The van der Waals surface area contributed by atoms with E-state index in [0.717, 1.165) is 74.6 Å². The van der Waals surface area contributed by atoms with Crippen molar-refractivity contribution in [3.63, 3.8) is 0 Å². The monoisotopic (exact) mass is 482 g/mol. The van der Waals surface area contributed by atoms with Gasteiger partial charge in [0.25, 0.3) is 0 Å². The van der Waals surface area contributed by atoms with Crippen LogP contribution in [0.4, 0.5) is 11.8 Å². The number of nitrogens with zero attached hydrogens (tertiary/aromatic N) is 5. The second kappa shape index (κ2) is 10.3. The number of halogens is 1. The summed E-state index contributed by atoms with van der Waals surface area (Å²) in [5, 5.41) is 15.4. The van der Waals surface area contributed by atoms with E-state index in [-0.39, 0.29) is 5.75 Å². The molecular weight excluding hydrogens is 452 g/mol. The topological polar surface area (TPSA) is 77.0 Å². The van der Waals surface area contributed by atoms with Gasteiger partial charge in [0.05, 0.1) is 18.7 Å². The molecule has 3 heterocycles. The average molecular weight is 483 g/mol. The lowest BCUT2D eigenvalue weighted by atomic mass is 10.0. The van der Waals surface area contributed by atoms with Crippen molar-refractivity contribution in [3.05, 3.63) is 41.4 Å². The quantitative estimate of drug-likeness (QED) is 0.555. The predicted octanol–water partition coefficient (Wildman–Crippen LogP) is 3.15. The Balaban J connectivity index is 1.43. The van der Waals surface area contributed by atoms with Crippen LogP contribution < -0.4 is 10.2 Å². The van der Waals surface area contributed by atoms with Crippen LogP contribution in [0.2, 0.25) is 5.02 Å². The van der Waals surface area contributed by atoms with Crippen LogP contribution in [0.15, 0.2) is 36.4 Å². The Bertz CT molecular complexity index is 1150. The molecule has 5 rings (SSSR count). The number of phenols is 1. The van der Waals surface area contributed by atoms with Crippen molar-refractivity contribution in [2.75, 3.05) is 82.8 Å². The van der Waals surface area contributed by atoms with Crippen LogP contribution in [0.3, 0.4) is 0 Å². The van der Waals surface area contributed by atoms with Crippen LogP contribution in [0.5, 0.6) is 5.75 Å². The van der Waals surface area contributed by atoms with Crippen molar-refractivity contribution >= 4 is 34.3 Å². The highest BCUT2D eigenvalue weighted by molar-refractivity contribution is 6.31. The third kappa shape index (κ3) is 5.20. The fraction of sp³-hybridized carbons (Fsp3) is 0.440. The summed E-state index contributed by atoms with van der Waals surface area (Å²) in [6, 6.07) is 11.1. The maximum Gasteiger partial charge on any atom is 0.225 e. The highest BCUT2D eigenvalue weighted by atomic mass is 35.5. The second-order valence-corrected chi connectivity index (χ2v) is 9.37. The van der Waals surface area contributed by atoms with E-state index >= 15 is 0 Å². The maximum absolute atomic E-state index is 10.4. The van der Waals surface area contributed by atoms with Gasteiger partial charge in [0.1, 0.15) is 11.6 Å². The molecule has 2 aromatic carbocycles. The zero-order valence-corrected chi connectivity index (χ0v) is 20.3.